The van der Waals surface area contributed by atoms with Crippen LogP contribution in [0.25, 0.3) is 33.1 Å². The number of carbonyl (C=O) groups excluding carboxylic acids is 5. The predicted molar refractivity (Wildman–Crippen MR) is 219 cm³/mol. The lowest BCUT2D eigenvalue weighted by Crippen LogP contribution is -2.47. The van der Waals surface area contributed by atoms with Crippen molar-refractivity contribution >= 4 is 62.9 Å². The number of benzene rings is 2. The average Bonchev–Trinajstić information content (AvgIpc) is 3.67. The zero-order chi connectivity index (χ0) is 41.1. The van der Waals surface area contributed by atoms with Gasteiger partial charge in [-0.2, -0.15) is 5.10 Å². The number of anilines is 2. The number of aromatic nitrogens is 6. The summed E-state index contributed by atoms with van der Waals surface area (Å²) in [5.41, 5.74) is 7.55. The highest BCUT2D eigenvalue weighted by molar-refractivity contribution is 6.24. The minimum absolute atomic E-state index is 0.0209. The van der Waals surface area contributed by atoms with Crippen LogP contribution in [0.4, 0.5) is 11.6 Å². The van der Waals surface area contributed by atoms with Crippen LogP contribution in [0.2, 0.25) is 0 Å². The van der Waals surface area contributed by atoms with Gasteiger partial charge in [-0.15, -0.1) is 0 Å². The highest BCUT2D eigenvalue weighted by atomic mass is 16.5. The molecule has 0 saturated heterocycles. The monoisotopic (exact) mass is 795 g/mol. The lowest BCUT2D eigenvalue weighted by molar-refractivity contribution is -0.132. The quantitative estimate of drug-likeness (QED) is 0.0621. The number of hydrogen-bond acceptors (Lipinski definition) is 11. The fraction of sp³-hybridized carbons (Fsp3) is 0.386. The van der Waals surface area contributed by atoms with E-state index in [2.05, 4.69) is 45.9 Å². The van der Waals surface area contributed by atoms with Gasteiger partial charge in [-0.3, -0.25) is 28.9 Å². The molecule has 3 amide bonds. The molecule has 2 aromatic carbocycles. The summed E-state index contributed by atoms with van der Waals surface area (Å²) in [5, 5.41) is 17.2. The molecule has 2 saturated carbocycles. The van der Waals surface area contributed by atoms with E-state index in [1.165, 1.54) is 0 Å². The van der Waals surface area contributed by atoms with Crippen molar-refractivity contribution in [2.75, 3.05) is 11.9 Å². The molecule has 5 heterocycles. The van der Waals surface area contributed by atoms with Crippen molar-refractivity contribution in [3.8, 4) is 11.1 Å². The number of unbranched alkanes of at least 4 members (excludes halogenated alkanes) is 2. The predicted octanol–water partition coefficient (Wildman–Crippen LogP) is 6.96. The Balaban J connectivity index is 0.913. The van der Waals surface area contributed by atoms with Crippen LogP contribution in [0.5, 0.6) is 0 Å². The SMILES string of the molecule is CCn1nc(C2CC2)cc1Nc1nc(C(=O)NCCCCCc2cccc3c2C(=O)N(C2CCC(=O)CC2=O)C3=O)nc2[nH]c3cc(-c4c(C)noc4C)c(C)cc3c12. The van der Waals surface area contributed by atoms with E-state index >= 15 is 0 Å². The fourth-order valence-corrected chi connectivity index (χ4v) is 8.65. The number of ketones is 2. The minimum atomic E-state index is -0.902. The molecule has 6 aromatic rings. The summed E-state index contributed by atoms with van der Waals surface area (Å²) in [6.07, 6.45) is 5.00. The first kappa shape index (κ1) is 38.0. The first-order valence-corrected chi connectivity index (χ1v) is 20.4. The molecule has 2 fully saturated rings. The Labute approximate surface area is 339 Å². The number of fused-ring (bicyclic) bond motifs is 4. The van der Waals surface area contributed by atoms with E-state index in [0.717, 1.165) is 85.7 Å². The van der Waals surface area contributed by atoms with E-state index in [4.69, 9.17) is 19.6 Å². The van der Waals surface area contributed by atoms with Crippen molar-refractivity contribution < 1.29 is 28.5 Å². The summed E-state index contributed by atoms with van der Waals surface area (Å²) in [4.78, 5) is 78.9. The molecule has 1 unspecified atom stereocenters. The Morgan fingerprint density at radius 3 is 2.53 bits per heavy atom. The Morgan fingerprint density at radius 1 is 0.949 bits per heavy atom. The van der Waals surface area contributed by atoms with Crippen LogP contribution in [-0.4, -0.2) is 76.7 Å². The Hall–Kier alpha value is -6.51. The average molecular weight is 796 g/mol. The van der Waals surface area contributed by atoms with Crippen LogP contribution in [0.3, 0.4) is 0 Å². The number of aromatic amines is 1. The molecular weight excluding hydrogens is 751 g/mol. The van der Waals surface area contributed by atoms with Gasteiger partial charge in [0.25, 0.3) is 17.7 Å². The number of hydrogen-bond donors (Lipinski definition) is 3. The molecule has 0 radical (unpaired) electrons. The van der Waals surface area contributed by atoms with Crippen LogP contribution in [0, 0.1) is 20.8 Å². The van der Waals surface area contributed by atoms with Crippen molar-refractivity contribution in [2.24, 2.45) is 0 Å². The van der Waals surface area contributed by atoms with Crippen LogP contribution in [0.1, 0.15) is 124 Å². The number of nitrogens with one attached hydrogen (secondary N) is 3. The number of carbonyl (C=O) groups is 5. The molecule has 15 nitrogen and oxygen atoms in total. The molecule has 59 heavy (non-hydrogen) atoms. The van der Waals surface area contributed by atoms with Crippen molar-refractivity contribution in [2.45, 2.75) is 104 Å². The smallest absolute Gasteiger partial charge is 0.289 e. The molecule has 0 spiro atoms. The van der Waals surface area contributed by atoms with Gasteiger partial charge in [-0.05, 0) is 101 Å². The maximum atomic E-state index is 13.7. The number of Topliss-reactive ketones (excluding diaryl/α,β-unsaturated/α-hetero) is 2. The van der Waals surface area contributed by atoms with Gasteiger partial charge < -0.3 is 20.1 Å². The van der Waals surface area contributed by atoms with Gasteiger partial charge >= 0.3 is 0 Å². The van der Waals surface area contributed by atoms with Crippen LogP contribution < -0.4 is 10.6 Å². The van der Waals surface area contributed by atoms with Crippen molar-refractivity contribution in [3.63, 3.8) is 0 Å². The molecule has 4 aromatic heterocycles. The largest absolute Gasteiger partial charge is 0.361 e. The fourth-order valence-electron chi connectivity index (χ4n) is 8.65. The second-order valence-electron chi connectivity index (χ2n) is 15.9. The van der Waals surface area contributed by atoms with Crippen LogP contribution in [-0.2, 0) is 22.6 Å². The number of H-pyrrole nitrogens is 1. The first-order chi connectivity index (χ1) is 28.5. The lowest BCUT2D eigenvalue weighted by Gasteiger charge is -2.27. The Bertz CT molecular complexity index is 2720. The van der Waals surface area contributed by atoms with Gasteiger partial charge in [-0.1, -0.05) is 23.7 Å². The normalized spacial score (nSPS) is 16.8. The second-order valence-corrected chi connectivity index (χ2v) is 15.9. The third kappa shape index (κ3) is 6.87. The lowest BCUT2D eigenvalue weighted by atomic mass is 9.92. The molecule has 302 valence electrons. The molecule has 3 N–H and O–H groups in total. The standard InChI is InChI=1S/C44H45N9O6/c1-5-52-35(21-31(50-52)25-13-14-25)47-40-38-30-18-22(2)29(36-23(3)51-59-24(36)4)20-32(30)46-39(38)48-41(49-40)42(56)45-17-8-6-7-10-26-11-9-12-28-37(26)44(58)53(43(28)57)33-16-15-27(54)19-34(33)55/h9,11-12,18,20-21,25,33H,5-8,10,13-17,19H2,1-4H3,(H,45,56)(H2,46,47,48,49). The summed E-state index contributed by atoms with van der Waals surface area (Å²) in [7, 11) is 0. The maximum Gasteiger partial charge on any atom is 0.289 e. The van der Waals surface area contributed by atoms with E-state index in [9.17, 15) is 24.0 Å². The van der Waals surface area contributed by atoms with E-state index in [1.807, 2.05) is 31.5 Å². The summed E-state index contributed by atoms with van der Waals surface area (Å²) in [5.74, 6) is 0.593. The van der Waals surface area contributed by atoms with Gasteiger partial charge in [0.2, 0.25) is 5.82 Å². The third-order valence-electron chi connectivity index (χ3n) is 11.8. The molecule has 15 heteroatoms. The van der Waals surface area contributed by atoms with Crippen LogP contribution >= 0.6 is 0 Å². The van der Waals surface area contributed by atoms with Crippen molar-refractivity contribution in [3.05, 3.63) is 81.6 Å². The zero-order valence-electron chi connectivity index (χ0n) is 33.5. The van der Waals surface area contributed by atoms with Gasteiger partial charge in [0, 0.05) is 48.0 Å². The van der Waals surface area contributed by atoms with Crippen molar-refractivity contribution in [1.29, 1.82) is 0 Å². The number of imide groups is 1. The molecule has 1 atom stereocenters. The molecular formula is C44H45N9O6. The molecule has 3 aliphatic rings. The zero-order valence-corrected chi connectivity index (χ0v) is 33.5. The van der Waals surface area contributed by atoms with E-state index in [1.54, 1.807) is 12.1 Å². The molecule has 0 bridgehead atoms. The number of amides is 3. The summed E-state index contributed by atoms with van der Waals surface area (Å²) in [6, 6.07) is 10.5. The summed E-state index contributed by atoms with van der Waals surface area (Å²) in [6.45, 7) is 8.96. The van der Waals surface area contributed by atoms with E-state index < -0.39 is 23.8 Å². The van der Waals surface area contributed by atoms with E-state index in [-0.39, 0.29) is 36.7 Å². The Morgan fingerprint density at radius 2 is 1.78 bits per heavy atom. The van der Waals surface area contributed by atoms with Gasteiger partial charge in [0.05, 0.1) is 40.4 Å². The highest BCUT2D eigenvalue weighted by Crippen LogP contribution is 2.41. The van der Waals surface area contributed by atoms with Crippen LogP contribution in [0.15, 0.2) is 40.9 Å². The summed E-state index contributed by atoms with van der Waals surface area (Å²) >= 11 is 0. The second kappa shape index (κ2) is 15.0. The summed E-state index contributed by atoms with van der Waals surface area (Å²) < 4.78 is 7.41. The number of nitrogens with zero attached hydrogens (tertiary/aromatic N) is 6. The first-order valence-electron chi connectivity index (χ1n) is 20.4. The van der Waals surface area contributed by atoms with Gasteiger partial charge in [-0.25, -0.2) is 14.6 Å². The molecule has 9 rings (SSSR count). The highest BCUT2D eigenvalue weighted by Gasteiger charge is 2.45. The minimum Gasteiger partial charge on any atom is -0.361 e. The topological polar surface area (TPSA) is 198 Å². The van der Waals surface area contributed by atoms with Crippen molar-refractivity contribution in [1.82, 2.24) is 40.1 Å². The number of rotatable bonds is 13. The van der Waals surface area contributed by atoms with E-state index in [0.29, 0.717) is 60.9 Å². The Kier molecular flexibility index (Phi) is 9.68. The maximum absolute atomic E-state index is 13.7. The third-order valence-corrected chi connectivity index (χ3v) is 11.8. The number of aryl methyl sites for hydroxylation is 5. The van der Waals surface area contributed by atoms with Gasteiger partial charge in [0.1, 0.15) is 28.8 Å². The molecule has 2 aliphatic carbocycles. The molecule has 1 aliphatic heterocycles. The van der Waals surface area contributed by atoms with Gasteiger partial charge in [0.15, 0.2) is 5.78 Å².